The van der Waals surface area contributed by atoms with E-state index in [4.69, 9.17) is 4.74 Å². The molecule has 0 unspecified atom stereocenters. The van der Waals surface area contributed by atoms with Gasteiger partial charge in [-0.15, -0.1) is 0 Å². The van der Waals surface area contributed by atoms with Crippen LogP contribution in [0.1, 0.15) is 40.1 Å². The number of nitrogens with zero attached hydrogens (tertiary/aromatic N) is 3. The fraction of sp³-hybridized carbons (Fsp3) is 0.217. The molecule has 1 atom stereocenters. The normalized spacial score (nSPS) is 14.2. The second-order valence-electron chi connectivity index (χ2n) is 7.44. The summed E-state index contributed by atoms with van der Waals surface area (Å²) in [6.45, 7) is 3.62. The zero-order valence-electron chi connectivity index (χ0n) is 16.7. The molecule has 2 amide bonds. The van der Waals surface area contributed by atoms with Crippen molar-refractivity contribution in [2.45, 2.75) is 26.5 Å². The van der Waals surface area contributed by atoms with Gasteiger partial charge in [0.05, 0.1) is 16.8 Å². The van der Waals surface area contributed by atoms with Crippen molar-refractivity contribution in [1.82, 2.24) is 14.7 Å². The molecule has 0 N–H and O–H groups in total. The maximum Gasteiger partial charge on any atom is 0.329 e. The fourth-order valence-corrected chi connectivity index (χ4v) is 3.54. The summed E-state index contributed by atoms with van der Waals surface area (Å²) in [4.78, 5) is 39.4. The van der Waals surface area contributed by atoms with Gasteiger partial charge in [-0.25, -0.2) is 9.48 Å². The summed E-state index contributed by atoms with van der Waals surface area (Å²) in [5, 5.41) is 4.17. The van der Waals surface area contributed by atoms with E-state index in [1.165, 1.54) is 0 Å². The molecule has 0 bridgehead atoms. The van der Waals surface area contributed by atoms with Crippen molar-refractivity contribution >= 4 is 17.8 Å². The highest BCUT2D eigenvalue weighted by Gasteiger charge is 2.44. The minimum atomic E-state index is -0.985. The number of amides is 2. The standard InChI is InChI=1S/C23H21N3O4/c1-15(2)20(26-21(27)18-6-3-4-7-19(18)22(26)28)23(29)30-14-16-8-10-17(11-9-16)25-13-5-12-24-25/h3-13,15,20H,14H2,1-2H3/t20-/m0/s1. The number of rotatable bonds is 6. The quantitative estimate of drug-likeness (QED) is 0.466. The highest BCUT2D eigenvalue weighted by atomic mass is 16.5. The summed E-state index contributed by atoms with van der Waals surface area (Å²) in [5.41, 5.74) is 2.32. The molecule has 4 rings (SSSR count). The minimum Gasteiger partial charge on any atom is -0.459 e. The molecule has 1 aromatic heterocycles. The molecular weight excluding hydrogens is 382 g/mol. The van der Waals surface area contributed by atoms with Crippen LogP contribution >= 0.6 is 0 Å². The second kappa shape index (κ2) is 7.94. The molecule has 0 saturated heterocycles. The first-order valence-corrected chi connectivity index (χ1v) is 9.70. The van der Waals surface area contributed by atoms with Crippen LogP contribution in [0, 0.1) is 5.92 Å². The lowest BCUT2D eigenvalue weighted by molar-refractivity contribution is -0.151. The van der Waals surface area contributed by atoms with Gasteiger partial charge >= 0.3 is 5.97 Å². The van der Waals surface area contributed by atoms with Crippen LogP contribution in [0.25, 0.3) is 5.69 Å². The fourth-order valence-electron chi connectivity index (χ4n) is 3.54. The number of ether oxygens (including phenoxy) is 1. The highest BCUT2D eigenvalue weighted by Crippen LogP contribution is 2.27. The van der Waals surface area contributed by atoms with E-state index >= 15 is 0 Å². The van der Waals surface area contributed by atoms with Crippen molar-refractivity contribution < 1.29 is 19.1 Å². The molecule has 30 heavy (non-hydrogen) atoms. The van der Waals surface area contributed by atoms with Crippen LogP contribution in [-0.2, 0) is 16.1 Å². The van der Waals surface area contributed by atoms with Gasteiger partial charge in [-0.3, -0.25) is 14.5 Å². The largest absolute Gasteiger partial charge is 0.459 e. The van der Waals surface area contributed by atoms with Crippen molar-refractivity contribution in [3.8, 4) is 5.69 Å². The third-order valence-electron chi connectivity index (χ3n) is 5.06. The third-order valence-corrected chi connectivity index (χ3v) is 5.06. The molecule has 0 spiro atoms. The molecule has 1 aliphatic heterocycles. The molecular formula is C23H21N3O4. The van der Waals surface area contributed by atoms with Crippen LogP contribution in [0.3, 0.4) is 0 Å². The number of benzene rings is 2. The van der Waals surface area contributed by atoms with Crippen LogP contribution in [0.15, 0.2) is 67.0 Å². The SMILES string of the molecule is CC(C)[C@@H](C(=O)OCc1ccc(-n2cccn2)cc1)N1C(=O)c2ccccc2C1=O. The van der Waals surface area contributed by atoms with Crippen molar-refractivity contribution in [1.29, 1.82) is 0 Å². The minimum absolute atomic E-state index is 0.0462. The molecule has 3 aromatic rings. The van der Waals surface area contributed by atoms with Gasteiger partial charge in [-0.2, -0.15) is 5.10 Å². The molecule has 2 aromatic carbocycles. The maximum absolute atomic E-state index is 12.9. The van der Waals surface area contributed by atoms with Gasteiger partial charge in [0, 0.05) is 12.4 Å². The predicted molar refractivity (Wildman–Crippen MR) is 109 cm³/mol. The first-order chi connectivity index (χ1) is 14.5. The van der Waals surface area contributed by atoms with Crippen molar-refractivity contribution in [3.63, 3.8) is 0 Å². The predicted octanol–water partition coefficient (Wildman–Crippen LogP) is 3.24. The Bertz CT molecular complexity index is 1050. The Morgan fingerprint density at radius 1 is 0.967 bits per heavy atom. The second-order valence-corrected chi connectivity index (χ2v) is 7.44. The van der Waals surface area contributed by atoms with Crippen LogP contribution in [0.2, 0.25) is 0 Å². The maximum atomic E-state index is 12.9. The molecule has 0 fully saturated rings. The van der Waals surface area contributed by atoms with Crippen LogP contribution in [0.5, 0.6) is 0 Å². The number of carbonyl (C=O) groups is 3. The molecule has 1 aliphatic rings. The molecule has 7 heteroatoms. The average Bonchev–Trinajstić information content (AvgIpc) is 3.37. The Balaban J connectivity index is 1.47. The number of imide groups is 1. The third kappa shape index (κ3) is 3.50. The van der Waals surface area contributed by atoms with Gasteiger partial charge < -0.3 is 4.74 Å². The van der Waals surface area contributed by atoms with Crippen molar-refractivity contribution in [3.05, 3.63) is 83.7 Å². The lowest BCUT2D eigenvalue weighted by Gasteiger charge is -2.27. The molecule has 152 valence electrons. The van der Waals surface area contributed by atoms with E-state index in [1.54, 1.807) is 49.0 Å². The topological polar surface area (TPSA) is 81.5 Å². The zero-order valence-corrected chi connectivity index (χ0v) is 16.7. The van der Waals surface area contributed by atoms with Gasteiger partial charge in [0.25, 0.3) is 11.8 Å². The van der Waals surface area contributed by atoms with Crippen LogP contribution in [0.4, 0.5) is 0 Å². The number of aromatic nitrogens is 2. The van der Waals surface area contributed by atoms with Crippen molar-refractivity contribution in [2.75, 3.05) is 0 Å². The molecule has 0 radical (unpaired) electrons. The van der Waals surface area contributed by atoms with Crippen LogP contribution in [-0.4, -0.2) is 38.5 Å². The number of hydrogen-bond acceptors (Lipinski definition) is 5. The number of fused-ring (bicyclic) bond motifs is 1. The summed E-state index contributed by atoms with van der Waals surface area (Å²) in [5.74, 6) is -1.82. The van der Waals surface area contributed by atoms with Gasteiger partial charge in [-0.05, 0) is 41.8 Å². The van der Waals surface area contributed by atoms with Gasteiger partial charge in [0.2, 0.25) is 0 Å². The van der Waals surface area contributed by atoms with E-state index < -0.39 is 23.8 Å². The molecule has 7 nitrogen and oxygen atoms in total. The number of hydrogen-bond donors (Lipinski definition) is 0. The molecule has 2 heterocycles. The molecule has 0 saturated carbocycles. The first kappa shape index (κ1) is 19.6. The monoisotopic (exact) mass is 403 g/mol. The summed E-state index contributed by atoms with van der Waals surface area (Å²) >= 11 is 0. The van der Waals surface area contributed by atoms with E-state index in [0.29, 0.717) is 11.1 Å². The Labute approximate surface area is 173 Å². The van der Waals surface area contributed by atoms with E-state index in [9.17, 15) is 14.4 Å². The summed E-state index contributed by atoms with van der Waals surface area (Å²) in [6.07, 6.45) is 3.53. The number of carbonyl (C=O) groups excluding carboxylic acids is 3. The summed E-state index contributed by atoms with van der Waals surface area (Å²) in [6, 6.07) is 14.9. The van der Waals surface area contributed by atoms with Gasteiger partial charge in [0.15, 0.2) is 0 Å². The van der Waals surface area contributed by atoms with Gasteiger partial charge in [-0.1, -0.05) is 38.1 Å². The van der Waals surface area contributed by atoms with Gasteiger partial charge in [0.1, 0.15) is 12.6 Å². The summed E-state index contributed by atoms with van der Waals surface area (Å²) in [7, 11) is 0. The van der Waals surface area contributed by atoms with Crippen LogP contribution < -0.4 is 0 Å². The average molecular weight is 403 g/mol. The smallest absolute Gasteiger partial charge is 0.329 e. The first-order valence-electron chi connectivity index (χ1n) is 9.70. The lowest BCUT2D eigenvalue weighted by Crippen LogP contribution is -2.48. The zero-order chi connectivity index (χ0) is 21.3. The Morgan fingerprint density at radius 2 is 1.60 bits per heavy atom. The Kier molecular flexibility index (Phi) is 5.18. The molecule has 0 aliphatic carbocycles. The Hall–Kier alpha value is -3.74. The van der Waals surface area contributed by atoms with E-state index in [2.05, 4.69) is 5.10 Å². The number of esters is 1. The van der Waals surface area contributed by atoms with E-state index in [1.807, 2.05) is 36.5 Å². The Morgan fingerprint density at radius 3 is 2.13 bits per heavy atom. The highest BCUT2D eigenvalue weighted by molar-refractivity contribution is 6.22. The lowest BCUT2D eigenvalue weighted by atomic mass is 10.0. The van der Waals surface area contributed by atoms with E-state index in [-0.39, 0.29) is 12.5 Å². The van der Waals surface area contributed by atoms with Crippen molar-refractivity contribution in [2.24, 2.45) is 5.92 Å². The van der Waals surface area contributed by atoms with E-state index in [0.717, 1.165) is 16.2 Å². The summed E-state index contributed by atoms with van der Waals surface area (Å²) < 4.78 is 7.21.